The minimum atomic E-state index is -0.243. The van der Waals surface area contributed by atoms with Crippen molar-refractivity contribution in [3.05, 3.63) is 53.9 Å². The number of aliphatic hydroxyl groups excluding tert-OH is 1. The second-order valence-electron chi connectivity index (χ2n) is 6.64. The zero-order valence-electron chi connectivity index (χ0n) is 14.0. The third kappa shape index (κ3) is 4.36. The predicted octanol–water partition coefficient (Wildman–Crippen LogP) is 1.47. The van der Waals surface area contributed by atoms with E-state index in [1.807, 2.05) is 19.1 Å². The highest BCUT2D eigenvalue weighted by Gasteiger charge is 2.34. The smallest absolute Gasteiger partial charge is 0.119 e. The fraction of sp³-hybridized carbons (Fsp3) is 0.474. The Hall–Kier alpha value is -1.78. The summed E-state index contributed by atoms with van der Waals surface area (Å²) >= 11 is 0. The van der Waals surface area contributed by atoms with Crippen LogP contribution in [0.25, 0.3) is 0 Å². The molecule has 1 heterocycles. The number of methoxy groups -OCH3 is 1. The van der Waals surface area contributed by atoms with E-state index in [0.717, 1.165) is 31.4 Å². The fourth-order valence-corrected chi connectivity index (χ4v) is 3.22. The summed E-state index contributed by atoms with van der Waals surface area (Å²) in [7, 11) is 1.70. The van der Waals surface area contributed by atoms with Crippen LogP contribution in [-0.4, -0.2) is 35.5 Å². The summed E-state index contributed by atoms with van der Waals surface area (Å²) in [6.07, 6.45) is 4.48. The van der Waals surface area contributed by atoms with Gasteiger partial charge in [0.15, 0.2) is 0 Å². The van der Waals surface area contributed by atoms with E-state index in [2.05, 4.69) is 35.0 Å². The van der Waals surface area contributed by atoms with Crippen LogP contribution < -0.4 is 9.64 Å². The molecule has 1 saturated carbocycles. The van der Waals surface area contributed by atoms with E-state index in [0.29, 0.717) is 0 Å². The van der Waals surface area contributed by atoms with Crippen LogP contribution in [0.5, 0.6) is 5.75 Å². The lowest BCUT2D eigenvalue weighted by Crippen LogP contribution is -3.13. The van der Waals surface area contributed by atoms with E-state index >= 15 is 0 Å². The highest BCUT2D eigenvalue weighted by Crippen LogP contribution is 2.17. The molecule has 2 atom stereocenters. The van der Waals surface area contributed by atoms with Gasteiger partial charge in [0.2, 0.25) is 0 Å². The summed E-state index contributed by atoms with van der Waals surface area (Å²) < 4.78 is 7.62. The van der Waals surface area contributed by atoms with Crippen LogP contribution in [0.1, 0.15) is 31.0 Å². The normalized spacial score (nSPS) is 17.0. The molecule has 1 unspecified atom stereocenters. The van der Waals surface area contributed by atoms with Gasteiger partial charge in [0, 0.05) is 25.6 Å². The molecule has 4 nitrogen and oxygen atoms in total. The first kappa shape index (κ1) is 16.1. The van der Waals surface area contributed by atoms with Crippen molar-refractivity contribution in [2.24, 2.45) is 0 Å². The van der Waals surface area contributed by atoms with Gasteiger partial charge in [-0.25, -0.2) is 0 Å². The Morgan fingerprint density at radius 2 is 2.13 bits per heavy atom. The number of aliphatic hydroxyl groups is 1. The van der Waals surface area contributed by atoms with E-state index in [4.69, 9.17) is 4.74 Å². The fourth-order valence-electron chi connectivity index (χ4n) is 3.22. The molecule has 3 rings (SSSR count). The highest BCUT2D eigenvalue weighted by atomic mass is 16.5. The average Bonchev–Trinajstić information content (AvgIpc) is 3.30. The summed E-state index contributed by atoms with van der Waals surface area (Å²) in [5.74, 6) is 0.899. The van der Waals surface area contributed by atoms with Gasteiger partial charge < -0.3 is 19.3 Å². The Labute approximate surface area is 138 Å². The van der Waals surface area contributed by atoms with E-state index in [-0.39, 0.29) is 6.10 Å². The second kappa shape index (κ2) is 7.20. The Morgan fingerprint density at radius 1 is 1.30 bits per heavy atom. The first-order valence-corrected chi connectivity index (χ1v) is 8.45. The molecule has 1 aliphatic carbocycles. The summed E-state index contributed by atoms with van der Waals surface area (Å²) in [6.45, 7) is 4.55. The van der Waals surface area contributed by atoms with Crippen molar-refractivity contribution in [2.45, 2.75) is 45.0 Å². The van der Waals surface area contributed by atoms with Crippen LogP contribution in [0.15, 0.2) is 42.6 Å². The highest BCUT2D eigenvalue weighted by molar-refractivity contribution is 5.29. The lowest BCUT2D eigenvalue weighted by Gasteiger charge is -2.21. The molecule has 1 aliphatic rings. The van der Waals surface area contributed by atoms with Crippen LogP contribution in [0, 0.1) is 0 Å². The molecule has 0 spiro atoms. The van der Waals surface area contributed by atoms with Gasteiger partial charge >= 0.3 is 0 Å². The average molecular weight is 315 g/mol. The minimum absolute atomic E-state index is 0.243. The lowest BCUT2D eigenvalue weighted by atomic mass is 10.2. The Morgan fingerprint density at radius 3 is 2.83 bits per heavy atom. The quantitative estimate of drug-likeness (QED) is 0.774. The number of hydrogen-bond acceptors (Lipinski definition) is 2. The van der Waals surface area contributed by atoms with Crippen LogP contribution in [0.4, 0.5) is 0 Å². The van der Waals surface area contributed by atoms with Crippen molar-refractivity contribution in [3.8, 4) is 5.75 Å². The Balaban J connectivity index is 1.71. The minimum Gasteiger partial charge on any atom is -0.497 e. The van der Waals surface area contributed by atoms with Crippen LogP contribution in [0.3, 0.4) is 0 Å². The van der Waals surface area contributed by atoms with E-state index in [1.54, 1.807) is 7.11 Å². The van der Waals surface area contributed by atoms with Crippen molar-refractivity contribution in [3.63, 3.8) is 0 Å². The molecule has 1 fully saturated rings. The van der Waals surface area contributed by atoms with E-state index < -0.39 is 0 Å². The molecule has 1 aromatic heterocycles. The van der Waals surface area contributed by atoms with Crippen molar-refractivity contribution >= 4 is 0 Å². The van der Waals surface area contributed by atoms with Gasteiger partial charge in [0.1, 0.15) is 24.9 Å². The Kier molecular flexibility index (Phi) is 5.03. The summed E-state index contributed by atoms with van der Waals surface area (Å²) in [4.78, 5) is 1.51. The molecule has 1 aromatic carbocycles. The largest absolute Gasteiger partial charge is 0.497 e. The van der Waals surface area contributed by atoms with Gasteiger partial charge in [-0.05, 0) is 36.8 Å². The third-order valence-electron chi connectivity index (χ3n) is 4.53. The summed E-state index contributed by atoms with van der Waals surface area (Å²) in [6, 6.07) is 13.3. The number of aromatic nitrogens is 1. The van der Waals surface area contributed by atoms with Gasteiger partial charge in [-0.3, -0.25) is 0 Å². The zero-order valence-corrected chi connectivity index (χ0v) is 14.0. The number of quaternary nitrogens is 1. The van der Waals surface area contributed by atoms with Crippen LogP contribution in [-0.2, 0) is 13.1 Å². The molecule has 0 saturated heterocycles. The van der Waals surface area contributed by atoms with Gasteiger partial charge in [0.05, 0.1) is 18.8 Å². The maximum Gasteiger partial charge on any atom is 0.119 e. The summed E-state index contributed by atoms with van der Waals surface area (Å²) in [5, 5.41) is 9.75. The molecule has 124 valence electrons. The molecule has 0 radical (unpaired) electrons. The van der Waals surface area contributed by atoms with E-state index in [1.165, 1.54) is 29.0 Å². The zero-order chi connectivity index (χ0) is 16.2. The lowest BCUT2D eigenvalue weighted by molar-refractivity contribution is -0.928. The first-order valence-electron chi connectivity index (χ1n) is 8.45. The predicted molar refractivity (Wildman–Crippen MR) is 90.8 cm³/mol. The molecule has 2 aromatic rings. The summed E-state index contributed by atoms with van der Waals surface area (Å²) in [5.41, 5.74) is 2.57. The number of benzene rings is 1. The monoisotopic (exact) mass is 315 g/mol. The van der Waals surface area contributed by atoms with Gasteiger partial charge in [0.25, 0.3) is 0 Å². The van der Waals surface area contributed by atoms with Gasteiger partial charge in [-0.15, -0.1) is 0 Å². The maximum absolute atomic E-state index is 9.75. The standard InChI is InChI=1S/C19H26N2O2/c1-15(22)12-21(17-8-9-17)14-18-6-4-10-20(18)13-16-5-3-7-19(11-16)23-2/h3-7,10-11,15,17,22H,8-9,12-14H2,1-2H3/p+1/t15-/m1/s1. The van der Waals surface area contributed by atoms with Crippen LogP contribution in [0.2, 0.25) is 0 Å². The van der Waals surface area contributed by atoms with Crippen molar-refractivity contribution in [2.75, 3.05) is 13.7 Å². The number of nitrogens with one attached hydrogen (secondary N) is 1. The topological polar surface area (TPSA) is 38.8 Å². The van der Waals surface area contributed by atoms with E-state index in [9.17, 15) is 5.11 Å². The van der Waals surface area contributed by atoms with Gasteiger partial charge in [-0.1, -0.05) is 12.1 Å². The molecule has 0 aliphatic heterocycles. The number of ether oxygens (including phenoxy) is 1. The first-order chi connectivity index (χ1) is 11.2. The van der Waals surface area contributed by atoms with Crippen molar-refractivity contribution < 1.29 is 14.7 Å². The number of hydrogen-bond donors (Lipinski definition) is 2. The second-order valence-corrected chi connectivity index (χ2v) is 6.64. The molecule has 0 amide bonds. The van der Waals surface area contributed by atoms with Gasteiger partial charge in [-0.2, -0.15) is 0 Å². The number of rotatable bonds is 8. The Bertz CT molecular complexity index is 632. The SMILES string of the molecule is COc1cccc(Cn2cccc2C[NH+](C[C@@H](C)O)C2CC2)c1. The molecule has 2 N–H and O–H groups in total. The van der Waals surface area contributed by atoms with Crippen molar-refractivity contribution in [1.29, 1.82) is 0 Å². The molecule has 4 heteroatoms. The van der Waals surface area contributed by atoms with Crippen LogP contribution >= 0.6 is 0 Å². The van der Waals surface area contributed by atoms with Crippen molar-refractivity contribution in [1.82, 2.24) is 4.57 Å². The molecular weight excluding hydrogens is 288 g/mol. The maximum atomic E-state index is 9.75. The molecular formula is C19H27N2O2+. The number of nitrogens with zero attached hydrogens (tertiary/aromatic N) is 1. The third-order valence-corrected chi connectivity index (χ3v) is 4.53. The molecule has 23 heavy (non-hydrogen) atoms. The molecule has 0 bridgehead atoms.